The molecule has 0 aromatic heterocycles. The van der Waals surface area contributed by atoms with Crippen molar-refractivity contribution in [3.05, 3.63) is 88.0 Å². The number of carboxylic acid groups (broad SMARTS) is 1. The van der Waals surface area contributed by atoms with E-state index in [0.717, 1.165) is 47.8 Å². The molecule has 1 aliphatic heterocycles. The van der Waals surface area contributed by atoms with Gasteiger partial charge in [-0.2, -0.15) is 0 Å². The van der Waals surface area contributed by atoms with Crippen molar-refractivity contribution < 1.29 is 14.6 Å². The molecule has 7 heteroatoms. The van der Waals surface area contributed by atoms with Crippen molar-refractivity contribution >= 4 is 17.3 Å². The second-order valence-electron chi connectivity index (χ2n) is 10.0. The van der Waals surface area contributed by atoms with Gasteiger partial charge in [-0.05, 0) is 67.6 Å². The Kier molecular flexibility index (Phi) is 8.05. The first-order valence-electron chi connectivity index (χ1n) is 12.9. The van der Waals surface area contributed by atoms with Crippen molar-refractivity contribution in [2.75, 3.05) is 23.8 Å². The number of nitrogen functional groups attached to an aromatic ring is 1. The second kappa shape index (κ2) is 11.2. The van der Waals surface area contributed by atoms with E-state index in [2.05, 4.69) is 36.9 Å². The summed E-state index contributed by atoms with van der Waals surface area (Å²) in [6, 6.07) is 18.4. The Morgan fingerprint density at radius 2 is 1.95 bits per heavy atom. The van der Waals surface area contributed by atoms with Crippen LogP contribution in [0.2, 0.25) is 0 Å². The molecule has 0 radical (unpaired) electrons. The van der Waals surface area contributed by atoms with Crippen LogP contribution in [-0.4, -0.2) is 35.2 Å². The minimum atomic E-state index is -0.849. The van der Waals surface area contributed by atoms with E-state index in [9.17, 15) is 9.90 Å². The Bertz CT molecular complexity index is 1280. The lowest BCUT2D eigenvalue weighted by molar-refractivity contribution is -0.137. The Morgan fingerprint density at radius 3 is 2.68 bits per heavy atom. The number of carboxylic acids is 1. The first kappa shape index (κ1) is 26.5. The van der Waals surface area contributed by atoms with E-state index in [1.807, 2.05) is 50.2 Å². The van der Waals surface area contributed by atoms with Gasteiger partial charge in [0.25, 0.3) is 0 Å². The number of nitrogens with zero attached hydrogens (tertiary/aromatic N) is 2. The topological polar surface area (TPSA) is 105 Å². The summed E-state index contributed by atoms with van der Waals surface area (Å²) < 4.78 is 6.15. The molecule has 1 heterocycles. The summed E-state index contributed by atoms with van der Waals surface area (Å²) in [7, 11) is 0. The molecule has 2 unspecified atom stereocenters. The van der Waals surface area contributed by atoms with Crippen molar-refractivity contribution in [2.45, 2.75) is 59.2 Å². The first-order chi connectivity index (χ1) is 17.7. The number of carbonyl (C=O) groups is 1. The fraction of sp³-hybridized carbons (Fsp3) is 0.367. The summed E-state index contributed by atoms with van der Waals surface area (Å²) in [5.74, 6) is 5.87. The Labute approximate surface area is 219 Å². The molecule has 37 heavy (non-hydrogen) atoms. The Balaban J connectivity index is 1.68. The highest BCUT2D eigenvalue weighted by Crippen LogP contribution is 2.37. The van der Waals surface area contributed by atoms with E-state index in [0.29, 0.717) is 12.2 Å². The molecule has 0 amide bonds. The van der Waals surface area contributed by atoms with E-state index in [1.165, 1.54) is 16.7 Å². The molecule has 0 fully saturated rings. The van der Waals surface area contributed by atoms with Crippen LogP contribution < -0.4 is 21.3 Å². The molecule has 2 atom stereocenters. The maximum atomic E-state index is 12.0. The maximum absolute atomic E-state index is 12.0. The summed E-state index contributed by atoms with van der Waals surface area (Å²) in [4.78, 5) is 14.3. The quantitative estimate of drug-likeness (QED) is 0.227. The minimum absolute atomic E-state index is 0.0236. The third kappa shape index (κ3) is 5.89. The third-order valence-electron chi connectivity index (χ3n) is 7.32. The summed E-state index contributed by atoms with van der Waals surface area (Å²) in [6.45, 7) is 11.1. The second-order valence-corrected chi connectivity index (χ2v) is 10.0. The average Bonchev–Trinajstić information content (AvgIpc) is 3.02. The van der Waals surface area contributed by atoms with Gasteiger partial charge < -0.3 is 20.6 Å². The molecular formula is C30H38N4O3. The number of aliphatic carboxylic acids is 1. The molecule has 3 aromatic rings. The predicted molar refractivity (Wildman–Crippen MR) is 149 cm³/mol. The minimum Gasteiger partial charge on any atom is -0.489 e. The Hall–Kier alpha value is -3.55. The molecule has 0 saturated heterocycles. The van der Waals surface area contributed by atoms with Crippen molar-refractivity contribution in [1.82, 2.24) is 4.90 Å². The van der Waals surface area contributed by atoms with Crippen LogP contribution in [0.25, 0.3) is 0 Å². The third-order valence-corrected chi connectivity index (χ3v) is 7.32. The van der Waals surface area contributed by atoms with Crippen LogP contribution in [0.5, 0.6) is 5.75 Å². The maximum Gasteiger partial charge on any atom is 0.304 e. The van der Waals surface area contributed by atoms with Crippen LogP contribution in [0, 0.1) is 13.8 Å². The van der Waals surface area contributed by atoms with Crippen LogP contribution in [0.15, 0.2) is 54.6 Å². The molecule has 4 rings (SSSR count). The number of rotatable bonds is 8. The van der Waals surface area contributed by atoms with E-state index in [-0.39, 0.29) is 18.4 Å². The zero-order valence-electron chi connectivity index (χ0n) is 22.2. The molecule has 5 N–H and O–H groups in total. The van der Waals surface area contributed by atoms with Gasteiger partial charge in [-0.25, -0.2) is 5.84 Å². The van der Waals surface area contributed by atoms with E-state index < -0.39 is 5.97 Å². The van der Waals surface area contributed by atoms with Crippen molar-refractivity contribution in [3.63, 3.8) is 0 Å². The monoisotopic (exact) mass is 502 g/mol. The lowest BCUT2D eigenvalue weighted by atomic mass is 9.84. The van der Waals surface area contributed by atoms with E-state index in [4.69, 9.17) is 16.3 Å². The van der Waals surface area contributed by atoms with Gasteiger partial charge in [0.05, 0.1) is 17.8 Å². The number of hydrogen-bond donors (Lipinski definition) is 3. The van der Waals surface area contributed by atoms with Crippen LogP contribution in [0.3, 0.4) is 0 Å². The number of anilines is 2. The number of para-hydroxylation sites is 1. The molecule has 7 nitrogen and oxygen atoms in total. The van der Waals surface area contributed by atoms with Crippen LogP contribution in [0.4, 0.5) is 11.4 Å². The van der Waals surface area contributed by atoms with Gasteiger partial charge in [0, 0.05) is 37.7 Å². The van der Waals surface area contributed by atoms with Crippen molar-refractivity contribution in [2.24, 2.45) is 5.84 Å². The summed E-state index contributed by atoms with van der Waals surface area (Å²) in [6.07, 6.45) is 0.0470. The molecule has 0 aliphatic carbocycles. The van der Waals surface area contributed by atoms with Crippen LogP contribution in [-0.2, 0) is 17.9 Å². The highest BCUT2D eigenvalue weighted by Gasteiger charge is 2.24. The highest BCUT2D eigenvalue weighted by atomic mass is 16.5. The van der Waals surface area contributed by atoms with E-state index >= 15 is 0 Å². The fourth-order valence-corrected chi connectivity index (χ4v) is 5.22. The van der Waals surface area contributed by atoms with Crippen LogP contribution >= 0.6 is 0 Å². The summed E-state index contributed by atoms with van der Waals surface area (Å²) >= 11 is 0. The SMILES string of the molecule is CCN(N)c1ccc(C(CC(=O)O)c2ccc(C)c(CN3Cc4ccccc4OC(C)C3)c2)c(C)c1N. The molecule has 0 bridgehead atoms. The molecule has 0 spiro atoms. The molecule has 3 aromatic carbocycles. The fourth-order valence-electron chi connectivity index (χ4n) is 5.22. The number of hydrazine groups is 1. The number of aryl methyl sites for hydroxylation is 1. The molecule has 0 saturated carbocycles. The zero-order chi connectivity index (χ0) is 26.7. The first-order valence-corrected chi connectivity index (χ1v) is 12.9. The van der Waals surface area contributed by atoms with Crippen molar-refractivity contribution in [3.8, 4) is 5.75 Å². The van der Waals surface area contributed by atoms with Gasteiger partial charge in [0.2, 0.25) is 0 Å². The predicted octanol–water partition coefficient (Wildman–Crippen LogP) is 4.98. The van der Waals surface area contributed by atoms with Gasteiger partial charge in [-0.3, -0.25) is 9.69 Å². The van der Waals surface area contributed by atoms with Crippen molar-refractivity contribution in [1.29, 1.82) is 0 Å². The lowest BCUT2D eigenvalue weighted by Crippen LogP contribution is -2.31. The number of hydrogen-bond acceptors (Lipinski definition) is 6. The molecule has 1 aliphatic rings. The zero-order valence-corrected chi connectivity index (χ0v) is 22.2. The van der Waals surface area contributed by atoms with Gasteiger partial charge in [0.1, 0.15) is 11.9 Å². The molecule has 196 valence electrons. The smallest absolute Gasteiger partial charge is 0.304 e. The number of fused-ring (bicyclic) bond motifs is 1. The standard InChI is InChI=1S/C30H38N4O3/c1-5-34(32)27-13-12-25(21(4)30(27)31)26(15-29(35)36)22-11-10-19(2)24(14-22)18-33-16-20(3)37-28-9-7-6-8-23(28)17-33/h6-14,20,26H,5,15-18,31-32H2,1-4H3,(H,35,36). The highest BCUT2D eigenvalue weighted by molar-refractivity contribution is 5.74. The lowest BCUT2D eigenvalue weighted by Gasteiger charge is -2.26. The average molecular weight is 503 g/mol. The van der Waals surface area contributed by atoms with E-state index in [1.54, 1.807) is 5.01 Å². The Morgan fingerprint density at radius 1 is 1.19 bits per heavy atom. The molecular weight excluding hydrogens is 464 g/mol. The largest absolute Gasteiger partial charge is 0.489 e. The normalized spacial score (nSPS) is 16.4. The summed E-state index contributed by atoms with van der Waals surface area (Å²) in [5, 5.41) is 11.4. The van der Waals surface area contributed by atoms with Gasteiger partial charge >= 0.3 is 5.97 Å². The van der Waals surface area contributed by atoms with Gasteiger partial charge in [0.15, 0.2) is 0 Å². The van der Waals surface area contributed by atoms with Crippen LogP contribution in [0.1, 0.15) is 59.6 Å². The van der Waals surface area contributed by atoms with Gasteiger partial charge in [-0.1, -0.05) is 42.5 Å². The number of ether oxygens (including phenoxy) is 1. The summed E-state index contributed by atoms with van der Waals surface area (Å²) in [5.41, 5.74) is 14.1. The number of benzene rings is 3. The van der Waals surface area contributed by atoms with Gasteiger partial charge in [-0.15, -0.1) is 0 Å². The number of nitrogens with two attached hydrogens (primary N) is 2.